The molecule has 3 aliphatic rings. The average Bonchev–Trinajstić information content (AvgIpc) is 3.30. The van der Waals surface area contributed by atoms with Crippen molar-refractivity contribution in [2.24, 2.45) is 11.8 Å². The third-order valence-corrected chi connectivity index (χ3v) is 7.95. The Balaban J connectivity index is 1.62. The van der Waals surface area contributed by atoms with E-state index < -0.39 is 29.4 Å². The Morgan fingerprint density at radius 1 is 1.03 bits per heavy atom. The van der Waals surface area contributed by atoms with Crippen LogP contribution in [0, 0.1) is 18.8 Å². The molecule has 0 aromatic heterocycles. The number of phenolic OH excluding ortho intramolecular Hbond substituents is 1. The fourth-order valence-electron chi connectivity index (χ4n) is 6.30. The van der Waals surface area contributed by atoms with Gasteiger partial charge in [0.15, 0.2) is 0 Å². The first kappa shape index (κ1) is 22.6. The molecule has 3 fully saturated rings. The number of aryl methyl sites for hydroxylation is 1. The molecule has 0 radical (unpaired) electrons. The molecule has 1 saturated carbocycles. The zero-order valence-corrected chi connectivity index (χ0v) is 19.2. The standard InChI is InChI=1S/C27H30N2O5/c1-16-7-5-6-10-20(16)23-21-22(25(32)29(24(21)31)18-8-3-2-4-9-18)27(28-23,26(33)34)15-17-11-13-19(30)14-12-17/h5-7,10-14,18,21-23,28,30H,2-4,8-9,15H2,1H3,(H,33,34). The van der Waals surface area contributed by atoms with Crippen LogP contribution in [-0.4, -0.2) is 44.5 Å². The molecule has 0 spiro atoms. The number of nitrogens with one attached hydrogen (secondary N) is 1. The van der Waals surface area contributed by atoms with Gasteiger partial charge in [0, 0.05) is 18.5 Å². The smallest absolute Gasteiger partial charge is 0.325 e. The van der Waals surface area contributed by atoms with Crippen LogP contribution in [0.4, 0.5) is 0 Å². The second-order valence-corrected chi connectivity index (χ2v) is 9.94. The Morgan fingerprint density at radius 3 is 2.35 bits per heavy atom. The van der Waals surface area contributed by atoms with E-state index in [0.29, 0.717) is 5.56 Å². The lowest BCUT2D eigenvalue weighted by Gasteiger charge is -2.34. The van der Waals surface area contributed by atoms with Gasteiger partial charge in [-0.2, -0.15) is 0 Å². The molecule has 7 heteroatoms. The number of amides is 2. The Hall–Kier alpha value is -3.19. The molecule has 178 valence electrons. The average molecular weight is 463 g/mol. The van der Waals surface area contributed by atoms with Crippen LogP contribution in [0.3, 0.4) is 0 Å². The molecule has 2 aromatic carbocycles. The number of likely N-dealkylation sites (tertiary alicyclic amines) is 1. The maximum Gasteiger partial charge on any atom is 0.325 e. The van der Waals surface area contributed by atoms with Gasteiger partial charge in [-0.1, -0.05) is 55.7 Å². The highest BCUT2D eigenvalue weighted by Crippen LogP contribution is 2.51. The SMILES string of the molecule is Cc1ccccc1C1NC(Cc2ccc(O)cc2)(C(=O)O)C2C(=O)N(C3CCCCC3)C(=O)C12. The van der Waals surface area contributed by atoms with E-state index in [0.717, 1.165) is 43.2 Å². The molecule has 34 heavy (non-hydrogen) atoms. The largest absolute Gasteiger partial charge is 0.508 e. The normalized spacial score (nSPS) is 29.4. The molecule has 4 atom stereocenters. The van der Waals surface area contributed by atoms with Gasteiger partial charge < -0.3 is 10.2 Å². The van der Waals surface area contributed by atoms with Crippen molar-refractivity contribution in [3.8, 4) is 5.75 Å². The molecular weight excluding hydrogens is 432 g/mol. The van der Waals surface area contributed by atoms with Crippen molar-refractivity contribution in [1.82, 2.24) is 10.2 Å². The van der Waals surface area contributed by atoms with Gasteiger partial charge in [0.05, 0.1) is 11.8 Å². The fraction of sp³-hybridized carbons (Fsp3) is 0.444. The number of nitrogens with zero attached hydrogens (tertiary/aromatic N) is 1. The predicted molar refractivity (Wildman–Crippen MR) is 125 cm³/mol. The van der Waals surface area contributed by atoms with Crippen LogP contribution in [-0.2, 0) is 20.8 Å². The van der Waals surface area contributed by atoms with Crippen LogP contribution in [0.15, 0.2) is 48.5 Å². The second-order valence-electron chi connectivity index (χ2n) is 9.94. The quantitative estimate of drug-likeness (QED) is 0.589. The van der Waals surface area contributed by atoms with Gasteiger partial charge in [0.1, 0.15) is 11.3 Å². The van der Waals surface area contributed by atoms with Gasteiger partial charge in [0.2, 0.25) is 11.8 Å². The number of fused-ring (bicyclic) bond motifs is 1. The number of carbonyl (C=O) groups is 3. The lowest BCUT2D eigenvalue weighted by molar-refractivity contribution is -0.152. The Morgan fingerprint density at radius 2 is 1.71 bits per heavy atom. The minimum Gasteiger partial charge on any atom is -0.508 e. The van der Waals surface area contributed by atoms with Gasteiger partial charge in [-0.25, -0.2) is 0 Å². The lowest BCUT2D eigenvalue weighted by Crippen LogP contribution is -2.58. The summed E-state index contributed by atoms with van der Waals surface area (Å²) < 4.78 is 0. The van der Waals surface area contributed by atoms with Crippen molar-refractivity contribution in [3.05, 3.63) is 65.2 Å². The highest BCUT2D eigenvalue weighted by Gasteiger charge is 2.69. The first-order valence-corrected chi connectivity index (χ1v) is 12.0. The monoisotopic (exact) mass is 462 g/mol. The summed E-state index contributed by atoms with van der Waals surface area (Å²) in [5.74, 6) is -3.46. The summed E-state index contributed by atoms with van der Waals surface area (Å²) in [4.78, 5) is 42.1. The maximum atomic E-state index is 13.9. The molecule has 2 aliphatic heterocycles. The predicted octanol–water partition coefficient (Wildman–Crippen LogP) is 3.34. The number of carboxylic acids is 1. The summed E-state index contributed by atoms with van der Waals surface area (Å²) in [6, 6.07) is 13.2. The summed E-state index contributed by atoms with van der Waals surface area (Å²) >= 11 is 0. The summed E-state index contributed by atoms with van der Waals surface area (Å²) in [5, 5.41) is 23.5. The topological polar surface area (TPSA) is 107 Å². The molecule has 2 amide bonds. The van der Waals surface area contributed by atoms with Crippen molar-refractivity contribution in [3.63, 3.8) is 0 Å². The van der Waals surface area contributed by atoms with Crippen molar-refractivity contribution >= 4 is 17.8 Å². The van der Waals surface area contributed by atoms with Crippen molar-refractivity contribution in [1.29, 1.82) is 0 Å². The first-order valence-electron chi connectivity index (χ1n) is 12.0. The van der Waals surface area contributed by atoms with E-state index >= 15 is 0 Å². The van der Waals surface area contributed by atoms with Gasteiger partial charge in [-0.3, -0.25) is 24.6 Å². The minimum absolute atomic E-state index is 0.0314. The molecule has 7 nitrogen and oxygen atoms in total. The highest BCUT2D eigenvalue weighted by molar-refractivity contribution is 6.09. The molecule has 1 aliphatic carbocycles. The number of hydrogen-bond donors (Lipinski definition) is 3. The number of carbonyl (C=O) groups excluding carboxylic acids is 2. The first-order chi connectivity index (χ1) is 16.3. The molecule has 2 aromatic rings. The highest BCUT2D eigenvalue weighted by atomic mass is 16.4. The summed E-state index contributed by atoms with van der Waals surface area (Å²) in [6.45, 7) is 1.94. The van der Waals surface area contributed by atoms with Gasteiger partial charge in [0.25, 0.3) is 0 Å². The molecule has 4 unspecified atom stereocenters. The van der Waals surface area contributed by atoms with Crippen LogP contribution in [0.5, 0.6) is 5.75 Å². The summed E-state index contributed by atoms with van der Waals surface area (Å²) in [6.07, 6.45) is 4.60. The zero-order chi connectivity index (χ0) is 24.0. The fourth-order valence-corrected chi connectivity index (χ4v) is 6.30. The number of phenols is 1. The van der Waals surface area contributed by atoms with Gasteiger partial charge in [-0.15, -0.1) is 0 Å². The Labute approximate surface area is 198 Å². The Bertz CT molecular complexity index is 1120. The van der Waals surface area contributed by atoms with Crippen LogP contribution in [0.2, 0.25) is 0 Å². The Kier molecular flexibility index (Phi) is 5.68. The minimum atomic E-state index is -1.63. The number of benzene rings is 2. The van der Waals surface area contributed by atoms with Crippen molar-refractivity contribution in [2.45, 2.75) is 63.1 Å². The molecule has 3 N–H and O–H groups in total. The lowest BCUT2D eigenvalue weighted by atomic mass is 9.76. The summed E-state index contributed by atoms with van der Waals surface area (Å²) in [5.41, 5.74) is 0.831. The van der Waals surface area contributed by atoms with E-state index in [2.05, 4.69) is 5.32 Å². The van der Waals surface area contributed by atoms with E-state index in [1.165, 1.54) is 17.0 Å². The van der Waals surface area contributed by atoms with Crippen LogP contribution in [0.25, 0.3) is 0 Å². The summed E-state index contributed by atoms with van der Waals surface area (Å²) in [7, 11) is 0. The van der Waals surface area contributed by atoms with Crippen molar-refractivity contribution in [2.75, 3.05) is 0 Å². The van der Waals surface area contributed by atoms with E-state index in [-0.39, 0.29) is 30.0 Å². The third-order valence-electron chi connectivity index (χ3n) is 7.95. The number of imide groups is 1. The number of rotatable bonds is 5. The molecule has 2 saturated heterocycles. The van der Waals surface area contributed by atoms with Crippen LogP contribution >= 0.6 is 0 Å². The maximum absolute atomic E-state index is 13.9. The van der Waals surface area contributed by atoms with E-state index in [1.54, 1.807) is 12.1 Å². The number of aromatic hydroxyl groups is 1. The number of aliphatic carboxylic acids is 1. The van der Waals surface area contributed by atoms with Crippen molar-refractivity contribution < 1.29 is 24.6 Å². The second kappa shape index (κ2) is 8.55. The number of hydrogen-bond acceptors (Lipinski definition) is 5. The molecule has 2 heterocycles. The van der Waals surface area contributed by atoms with Crippen LogP contribution in [0.1, 0.15) is 54.8 Å². The third kappa shape index (κ3) is 3.50. The van der Waals surface area contributed by atoms with Crippen LogP contribution < -0.4 is 5.32 Å². The molecular formula is C27H30N2O5. The molecule has 0 bridgehead atoms. The molecule has 5 rings (SSSR count). The van der Waals surface area contributed by atoms with E-state index in [9.17, 15) is 24.6 Å². The van der Waals surface area contributed by atoms with Gasteiger partial charge >= 0.3 is 5.97 Å². The number of carboxylic acid groups (broad SMARTS) is 1. The zero-order valence-electron chi connectivity index (χ0n) is 19.2. The van der Waals surface area contributed by atoms with E-state index in [4.69, 9.17) is 0 Å². The van der Waals surface area contributed by atoms with Gasteiger partial charge in [-0.05, 0) is 48.6 Å². The van der Waals surface area contributed by atoms with E-state index in [1.807, 2.05) is 31.2 Å².